The summed E-state index contributed by atoms with van der Waals surface area (Å²) >= 11 is 0. The van der Waals surface area contributed by atoms with Crippen LogP contribution < -0.4 is 5.56 Å². The summed E-state index contributed by atoms with van der Waals surface area (Å²) in [5.41, 5.74) is 2.66. The van der Waals surface area contributed by atoms with Crippen molar-refractivity contribution in [1.82, 2.24) is 14.1 Å². The molecule has 7 heteroatoms. The largest absolute Gasteiger partial charge is 0.350 e. The average molecular weight is 422 g/mol. The molecule has 0 atom stereocenters. The predicted octanol–water partition coefficient (Wildman–Crippen LogP) is 4.96. The number of nitrogens with zero attached hydrogens (tertiary/aromatic N) is 4. The summed E-state index contributed by atoms with van der Waals surface area (Å²) < 4.78 is 3.45. The number of hydrogen-bond acceptors (Lipinski definition) is 4. The van der Waals surface area contributed by atoms with Crippen molar-refractivity contribution in [3.8, 4) is 5.69 Å². The van der Waals surface area contributed by atoms with Crippen LogP contribution in [0, 0.1) is 10.1 Å². The standard InChI is InChI=1S/C25H18N4O3/c1-27-16-17(20-9-3-5-12-23(20)27)13-14-24-26-22-11-4-2-10-21(22)25(30)28(24)18-7-6-8-19(15-18)29(31)32/h2-16H,1H3/b14-13+. The number of aryl methyl sites for hydroxylation is 1. The minimum atomic E-state index is -0.478. The summed E-state index contributed by atoms with van der Waals surface area (Å²) in [5.74, 6) is 0.391. The number of rotatable bonds is 4. The van der Waals surface area contributed by atoms with E-state index in [0.29, 0.717) is 22.4 Å². The lowest BCUT2D eigenvalue weighted by Crippen LogP contribution is -2.22. The van der Waals surface area contributed by atoms with E-state index in [9.17, 15) is 14.9 Å². The number of non-ortho nitro benzene ring substituents is 1. The van der Waals surface area contributed by atoms with Crippen molar-refractivity contribution in [2.75, 3.05) is 0 Å². The van der Waals surface area contributed by atoms with Gasteiger partial charge in [0.15, 0.2) is 0 Å². The molecule has 0 unspecified atom stereocenters. The summed E-state index contributed by atoms with van der Waals surface area (Å²) in [6.45, 7) is 0. The summed E-state index contributed by atoms with van der Waals surface area (Å²) in [6, 6.07) is 21.1. The lowest BCUT2D eigenvalue weighted by molar-refractivity contribution is -0.384. The zero-order valence-electron chi connectivity index (χ0n) is 17.2. The second-order valence-electron chi connectivity index (χ2n) is 7.45. The second-order valence-corrected chi connectivity index (χ2v) is 7.45. The monoisotopic (exact) mass is 422 g/mol. The first kappa shape index (κ1) is 19.4. The van der Waals surface area contributed by atoms with E-state index in [-0.39, 0.29) is 11.2 Å². The fourth-order valence-electron chi connectivity index (χ4n) is 3.93. The van der Waals surface area contributed by atoms with Crippen LogP contribution in [0.25, 0.3) is 39.6 Å². The molecule has 2 aromatic heterocycles. The van der Waals surface area contributed by atoms with Gasteiger partial charge in [0, 0.05) is 41.8 Å². The molecule has 3 aromatic carbocycles. The Morgan fingerprint density at radius 1 is 0.938 bits per heavy atom. The van der Waals surface area contributed by atoms with E-state index in [2.05, 4.69) is 4.98 Å². The summed E-state index contributed by atoms with van der Waals surface area (Å²) in [5, 5.41) is 12.8. The van der Waals surface area contributed by atoms with Crippen LogP contribution in [0.5, 0.6) is 0 Å². The first-order valence-electron chi connectivity index (χ1n) is 10.0. The zero-order valence-corrected chi connectivity index (χ0v) is 17.2. The fraction of sp³-hybridized carbons (Fsp3) is 0.0400. The second kappa shape index (κ2) is 7.63. The van der Waals surface area contributed by atoms with Crippen molar-refractivity contribution in [2.24, 2.45) is 7.05 Å². The highest BCUT2D eigenvalue weighted by atomic mass is 16.6. The highest BCUT2D eigenvalue weighted by molar-refractivity contribution is 5.92. The van der Waals surface area contributed by atoms with Gasteiger partial charge in [-0.2, -0.15) is 0 Å². The van der Waals surface area contributed by atoms with Crippen molar-refractivity contribution in [3.05, 3.63) is 111 Å². The number of fused-ring (bicyclic) bond motifs is 2. The fourth-order valence-corrected chi connectivity index (χ4v) is 3.93. The van der Waals surface area contributed by atoms with Crippen molar-refractivity contribution in [3.63, 3.8) is 0 Å². The zero-order chi connectivity index (χ0) is 22.2. The van der Waals surface area contributed by atoms with Crippen LogP contribution in [0.4, 0.5) is 5.69 Å². The van der Waals surface area contributed by atoms with E-state index in [0.717, 1.165) is 16.5 Å². The molecule has 0 fully saturated rings. The van der Waals surface area contributed by atoms with E-state index in [4.69, 9.17) is 0 Å². The molecule has 5 aromatic rings. The van der Waals surface area contributed by atoms with Crippen LogP contribution in [0.1, 0.15) is 11.4 Å². The average Bonchev–Trinajstić information content (AvgIpc) is 3.13. The molecule has 0 bridgehead atoms. The third-order valence-corrected chi connectivity index (χ3v) is 5.44. The maximum atomic E-state index is 13.4. The quantitative estimate of drug-likeness (QED) is 0.303. The number of benzene rings is 3. The van der Waals surface area contributed by atoms with Gasteiger partial charge in [0.2, 0.25) is 0 Å². The van der Waals surface area contributed by atoms with Gasteiger partial charge in [-0.15, -0.1) is 0 Å². The van der Waals surface area contributed by atoms with Crippen LogP contribution in [0.2, 0.25) is 0 Å². The first-order chi connectivity index (χ1) is 15.5. The molecule has 0 saturated carbocycles. The molecular formula is C25H18N4O3. The number of hydrogen-bond donors (Lipinski definition) is 0. The van der Waals surface area contributed by atoms with E-state index < -0.39 is 4.92 Å². The highest BCUT2D eigenvalue weighted by Gasteiger charge is 2.14. The summed E-state index contributed by atoms with van der Waals surface area (Å²) in [6.07, 6.45) is 5.69. The minimum absolute atomic E-state index is 0.0912. The van der Waals surface area contributed by atoms with Crippen molar-refractivity contribution < 1.29 is 4.92 Å². The van der Waals surface area contributed by atoms with Crippen LogP contribution in [-0.4, -0.2) is 19.0 Å². The number of aromatic nitrogens is 3. The van der Waals surface area contributed by atoms with Crippen LogP contribution in [0.15, 0.2) is 83.8 Å². The SMILES string of the molecule is Cn1cc(/C=C/c2nc3ccccc3c(=O)n2-c2cccc([N+](=O)[O-])c2)c2ccccc21. The van der Waals surface area contributed by atoms with Gasteiger partial charge < -0.3 is 4.57 Å². The molecule has 7 nitrogen and oxygen atoms in total. The van der Waals surface area contributed by atoms with Crippen molar-refractivity contribution >= 4 is 39.6 Å². The van der Waals surface area contributed by atoms with Crippen LogP contribution >= 0.6 is 0 Å². The molecular weight excluding hydrogens is 404 g/mol. The van der Waals surface area contributed by atoms with Gasteiger partial charge in [-0.05, 0) is 36.4 Å². The van der Waals surface area contributed by atoms with Gasteiger partial charge in [0.05, 0.1) is 21.5 Å². The Labute approximate surface area is 182 Å². The molecule has 0 N–H and O–H groups in total. The predicted molar refractivity (Wildman–Crippen MR) is 126 cm³/mol. The Morgan fingerprint density at radius 2 is 1.69 bits per heavy atom. The number of para-hydroxylation sites is 2. The van der Waals surface area contributed by atoms with Gasteiger partial charge >= 0.3 is 0 Å². The van der Waals surface area contributed by atoms with E-state index in [1.54, 1.807) is 36.4 Å². The van der Waals surface area contributed by atoms with E-state index in [1.165, 1.54) is 16.7 Å². The highest BCUT2D eigenvalue weighted by Crippen LogP contribution is 2.23. The van der Waals surface area contributed by atoms with Crippen molar-refractivity contribution in [2.45, 2.75) is 0 Å². The van der Waals surface area contributed by atoms with Crippen LogP contribution in [-0.2, 0) is 7.05 Å². The Kier molecular flexibility index (Phi) is 4.63. The maximum absolute atomic E-state index is 13.4. The van der Waals surface area contributed by atoms with Gasteiger partial charge in [-0.3, -0.25) is 19.5 Å². The Bertz CT molecular complexity index is 1590. The molecule has 0 aliphatic carbocycles. The third kappa shape index (κ3) is 3.26. The maximum Gasteiger partial charge on any atom is 0.271 e. The molecule has 5 rings (SSSR count). The Hall–Kier alpha value is -4.52. The first-order valence-corrected chi connectivity index (χ1v) is 10.0. The van der Waals surface area contributed by atoms with E-state index >= 15 is 0 Å². The van der Waals surface area contributed by atoms with Crippen LogP contribution in [0.3, 0.4) is 0 Å². The molecule has 32 heavy (non-hydrogen) atoms. The number of nitro groups is 1. The van der Waals surface area contributed by atoms with Gasteiger partial charge in [0.1, 0.15) is 5.82 Å². The Morgan fingerprint density at radius 3 is 2.50 bits per heavy atom. The van der Waals surface area contributed by atoms with Gasteiger partial charge in [-0.25, -0.2) is 4.98 Å². The molecule has 0 radical (unpaired) electrons. The normalized spacial score (nSPS) is 11.5. The minimum Gasteiger partial charge on any atom is -0.350 e. The molecule has 0 spiro atoms. The number of nitro benzene ring substituents is 1. The van der Waals surface area contributed by atoms with Gasteiger partial charge in [0.25, 0.3) is 11.2 Å². The molecule has 0 saturated heterocycles. The molecule has 2 heterocycles. The van der Waals surface area contributed by atoms with E-state index in [1.807, 2.05) is 54.2 Å². The lowest BCUT2D eigenvalue weighted by atomic mass is 10.1. The smallest absolute Gasteiger partial charge is 0.271 e. The topological polar surface area (TPSA) is 83.0 Å². The Balaban J connectivity index is 1.74. The molecule has 0 aliphatic heterocycles. The summed E-state index contributed by atoms with van der Waals surface area (Å²) in [4.78, 5) is 28.9. The molecule has 0 amide bonds. The molecule has 0 aliphatic rings. The lowest BCUT2D eigenvalue weighted by Gasteiger charge is -2.11. The molecule has 156 valence electrons. The third-order valence-electron chi connectivity index (χ3n) is 5.44. The van der Waals surface area contributed by atoms with Gasteiger partial charge in [-0.1, -0.05) is 36.4 Å². The van der Waals surface area contributed by atoms with Crippen molar-refractivity contribution in [1.29, 1.82) is 0 Å². The summed E-state index contributed by atoms with van der Waals surface area (Å²) in [7, 11) is 1.98.